The quantitative estimate of drug-likeness (QED) is 0.602. The molecule has 0 atom stereocenters. The molecule has 0 radical (unpaired) electrons. The van der Waals surface area contributed by atoms with Crippen LogP contribution in [0.4, 0.5) is 0 Å². The Kier molecular flexibility index (Phi) is 2.92. The Morgan fingerprint density at radius 3 is 2.46 bits per heavy atom. The van der Waals surface area contributed by atoms with E-state index in [1.807, 2.05) is 0 Å². The van der Waals surface area contributed by atoms with Crippen LogP contribution in [0.5, 0.6) is 0 Å². The van der Waals surface area contributed by atoms with Gasteiger partial charge in [0.1, 0.15) is 0 Å². The van der Waals surface area contributed by atoms with Crippen molar-refractivity contribution in [3.8, 4) is 0 Å². The van der Waals surface area contributed by atoms with E-state index >= 15 is 0 Å². The average Bonchev–Trinajstić information content (AvgIpc) is 2.48. The summed E-state index contributed by atoms with van der Waals surface area (Å²) in [6.45, 7) is 5.07. The second-order valence-corrected chi connectivity index (χ2v) is 4.88. The van der Waals surface area contributed by atoms with E-state index in [-0.39, 0.29) is 0 Å². The fourth-order valence-corrected chi connectivity index (χ4v) is 3.05. The van der Waals surface area contributed by atoms with E-state index < -0.39 is 0 Å². The minimum atomic E-state index is 0.716. The highest BCUT2D eigenvalue weighted by molar-refractivity contribution is 5.01. The van der Waals surface area contributed by atoms with Gasteiger partial charge in [-0.15, -0.1) is 0 Å². The number of unbranched alkanes of at least 4 members (excludes halogenated alkanes) is 2. The van der Waals surface area contributed by atoms with E-state index in [4.69, 9.17) is 0 Å². The number of hydrogen-bond donors (Lipinski definition) is 0. The fourth-order valence-electron chi connectivity index (χ4n) is 3.05. The van der Waals surface area contributed by atoms with Crippen LogP contribution in [0.15, 0.2) is 0 Å². The molecule has 1 nitrogen and oxygen atoms in total. The van der Waals surface area contributed by atoms with Crippen LogP contribution >= 0.6 is 0 Å². The highest BCUT2D eigenvalue weighted by Gasteiger charge is 2.44. The molecule has 0 aromatic rings. The summed E-state index contributed by atoms with van der Waals surface area (Å²) in [5.74, 6) is 0. The fraction of sp³-hybridized carbons (Fsp3) is 1.00. The first-order valence-electron chi connectivity index (χ1n) is 6.12. The number of likely N-dealkylation sites (tertiary alicyclic amines) is 1. The van der Waals surface area contributed by atoms with Crippen LogP contribution in [-0.4, -0.2) is 23.5 Å². The van der Waals surface area contributed by atoms with Gasteiger partial charge in [-0.3, -0.25) is 4.90 Å². The van der Waals surface area contributed by atoms with Crippen LogP contribution in [0, 0.1) is 0 Å². The lowest BCUT2D eigenvalue weighted by Gasteiger charge is -2.46. The molecule has 1 saturated heterocycles. The molecule has 0 unspecified atom stereocenters. The van der Waals surface area contributed by atoms with Crippen LogP contribution < -0.4 is 0 Å². The molecule has 1 saturated carbocycles. The highest BCUT2D eigenvalue weighted by Crippen LogP contribution is 2.45. The molecule has 2 fully saturated rings. The predicted octanol–water partition coefficient (Wildman–Crippen LogP) is 3.20. The van der Waals surface area contributed by atoms with Gasteiger partial charge in [-0.1, -0.05) is 19.8 Å². The lowest BCUT2D eigenvalue weighted by atomic mass is 9.75. The summed E-state index contributed by atoms with van der Waals surface area (Å²) in [7, 11) is 0. The van der Waals surface area contributed by atoms with Crippen molar-refractivity contribution in [3.05, 3.63) is 0 Å². The number of nitrogens with zero attached hydrogens (tertiary/aromatic N) is 1. The third kappa shape index (κ3) is 1.76. The molecule has 0 aromatic heterocycles. The summed E-state index contributed by atoms with van der Waals surface area (Å²) < 4.78 is 0. The summed E-state index contributed by atoms with van der Waals surface area (Å²) >= 11 is 0. The Hall–Kier alpha value is -0.0400. The van der Waals surface area contributed by atoms with Crippen molar-refractivity contribution >= 4 is 0 Å². The van der Waals surface area contributed by atoms with Crippen LogP contribution in [0.2, 0.25) is 0 Å². The summed E-state index contributed by atoms with van der Waals surface area (Å²) in [5, 5.41) is 0. The third-order valence-corrected chi connectivity index (χ3v) is 4.06. The maximum atomic E-state index is 2.80. The molecule has 0 bridgehead atoms. The van der Waals surface area contributed by atoms with Crippen molar-refractivity contribution in [2.45, 2.75) is 63.8 Å². The Morgan fingerprint density at radius 2 is 1.85 bits per heavy atom. The average molecular weight is 181 g/mol. The molecule has 0 amide bonds. The van der Waals surface area contributed by atoms with Crippen molar-refractivity contribution in [3.63, 3.8) is 0 Å². The molecular weight excluding hydrogens is 158 g/mol. The SMILES string of the molecule is CCCCCN1CCCC12CCC2. The molecule has 0 N–H and O–H groups in total. The van der Waals surface area contributed by atoms with E-state index in [0.717, 1.165) is 0 Å². The van der Waals surface area contributed by atoms with E-state index in [2.05, 4.69) is 11.8 Å². The third-order valence-electron chi connectivity index (χ3n) is 4.06. The van der Waals surface area contributed by atoms with E-state index in [1.54, 1.807) is 0 Å². The van der Waals surface area contributed by atoms with Crippen molar-refractivity contribution in [1.82, 2.24) is 4.90 Å². The normalized spacial score (nSPS) is 26.5. The standard InChI is InChI=1S/C12H23N/c1-2-3-4-10-13-11-6-9-12(13)7-5-8-12/h2-11H2,1H3. The van der Waals surface area contributed by atoms with E-state index in [9.17, 15) is 0 Å². The molecule has 1 aliphatic heterocycles. The zero-order chi connectivity index (χ0) is 9.15. The largest absolute Gasteiger partial charge is 0.298 e. The maximum absolute atomic E-state index is 2.80. The second-order valence-electron chi connectivity index (χ2n) is 4.88. The van der Waals surface area contributed by atoms with Gasteiger partial charge in [-0.25, -0.2) is 0 Å². The van der Waals surface area contributed by atoms with Gasteiger partial charge in [-0.2, -0.15) is 0 Å². The van der Waals surface area contributed by atoms with Gasteiger partial charge in [0.05, 0.1) is 0 Å². The van der Waals surface area contributed by atoms with Crippen LogP contribution in [0.3, 0.4) is 0 Å². The molecule has 2 rings (SSSR count). The molecule has 1 heterocycles. The van der Waals surface area contributed by atoms with Crippen LogP contribution in [0.1, 0.15) is 58.3 Å². The number of hydrogen-bond acceptors (Lipinski definition) is 1. The molecule has 1 aliphatic carbocycles. The topological polar surface area (TPSA) is 3.24 Å². The second kappa shape index (κ2) is 4.00. The molecule has 13 heavy (non-hydrogen) atoms. The van der Waals surface area contributed by atoms with E-state index in [1.165, 1.54) is 64.5 Å². The summed E-state index contributed by atoms with van der Waals surface area (Å²) in [6.07, 6.45) is 11.7. The molecule has 0 aromatic carbocycles. The van der Waals surface area contributed by atoms with Gasteiger partial charge in [0.25, 0.3) is 0 Å². The van der Waals surface area contributed by atoms with Crippen molar-refractivity contribution in [2.24, 2.45) is 0 Å². The lowest BCUT2D eigenvalue weighted by Crippen LogP contribution is -2.49. The number of rotatable bonds is 4. The Morgan fingerprint density at radius 1 is 1.08 bits per heavy atom. The zero-order valence-corrected chi connectivity index (χ0v) is 9.02. The Balaban J connectivity index is 1.77. The molecular formula is C12H23N. The zero-order valence-electron chi connectivity index (χ0n) is 9.02. The predicted molar refractivity (Wildman–Crippen MR) is 56.9 cm³/mol. The monoisotopic (exact) mass is 181 g/mol. The molecule has 1 heteroatoms. The van der Waals surface area contributed by atoms with Crippen LogP contribution in [-0.2, 0) is 0 Å². The van der Waals surface area contributed by atoms with Crippen molar-refractivity contribution in [2.75, 3.05) is 13.1 Å². The molecule has 76 valence electrons. The molecule has 2 aliphatic rings. The first-order valence-corrected chi connectivity index (χ1v) is 6.12. The first kappa shape index (κ1) is 9.51. The van der Waals surface area contributed by atoms with Crippen LogP contribution in [0.25, 0.3) is 0 Å². The van der Waals surface area contributed by atoms with Gasteiger partial charge >= 0.3 is 0 Å². The first-order chi connectivity index (χ1) is 6.37. The summed E-state index contributed by atoms with van der Waals surface area (Å²) in [4.78, 5) is 2.80. The Labute approximate surface area is 82.5 Å². The Bertz CT molecular complexity index is 161. The van der Waals surface area contributed by atoms with Gasteiger partial charge in [0.15, 0.2) is 0 Å². The van der Waals surface area contributed by atoms with Gasteiger partial charge in [-0.05, 0) is 51.6 Å². The minimum absolute atomic E-state index is 0.716. The van der Waals surface area contributed by atoms with Gasteiger partial charge < -0.3 is 0 Å². The smallest absolute Gasteiger partial charge is 0.0210 e. The van der Waals surface area contributed by atoms with Crippen molar-refractivity contribution in [1.29, 1.82) is 0 Å². The van der Waals surface area contributed by atoms with Gasteiger partial charge in [0.2, 0.25) is 0 Å². The summed E-state index contributed by atoms with van der Waals surface area (Å²) in [5.41, 5.74) is 0.716. The van der Waals surface area contributed by atoms with Crippen molar-refractivity contribution < 1.29 is 0 Å². The maximum Gasteiger partial charge on any atom is 0.0210 e. The molecule has 1 spiro atoms. The van der Waals surface area contributed by atoms with E-state index in [0.29, 0.717) is 5.54 Å². The summed E-state index contributed by atoms with van der Waals surface area (Å²) in [6, 6.07) is 0. The lowest BCUT2D eigenvalue weighted by molar-refractivity contribution is 0.0548. The highest BCUT2D eigenvalue weighted by atomic mass is 15.2. The minimum Gasteiger partial charge on any atom is -0.298 e. The van der Waals surface area contributed by atoms with Gasteiger partial charge in [0, 0.05) is 5.54 Å².